The molecule has 2 heterocycles. The minimum Gasteiger partial charge on any atom is -0.464 e. The monoisotopic (exact) mass is 262 g/mol. The molecule has 19 heavy (non-hydrogen) atoms. The highest BCUT2D eigenvalue weighted by molar-refractivity contribution is 6.12. The summed E-state index contributed by atoms with van der Waals surface area (Å²) >= 11 is 0. The smallest absolute Gasteiger partial charge is 0.317 e. The lowest BCUT2D eigenvalue weighted by atomic mass is 9.66. The average molecular weight is 262 g/mol. The number of ether oxygens (including phenoxy) is 2. The summed E-state index contributed by atoms with van der Waals surface area (Å²) in [6, 6.07) is 0. The van der Waals surface area contributed by atoms with Gasteiger partial charge in [-0.1, -0.05) is 19.1 Å². The zero-order valence-electron chi connectivity index (χ0n) is 10.7. The second-order valence-corrected chi connectivity index (χ2v) is 6.31. The quantitative estimate of drug-likeness (QED) is 0.366. The van der Waals surface area contributed by atoms with Crippen LogP contribution >= 0.6 is 0 Å². The fourth-order valence-corrected chi connectivity index (χ4v) is 4.88. The summed E-state index contributed by atoms with van der Waals surface area (Å²) in [7, 11) is 0. The van der Waals surface area contributed by atoms with Gasteiger partial charge in [-0.3, -0.25) is 14.4 Å². The van der Waals surface area contributed by atoms with Crippen molar-refractivity contribution in [2.45, 2.75) is 31.8 Å². The lowest BCUT2D eigenvalue weighted by Gasteiger charge is -2.39. The van der Waals surface area contributed by atoms with Crippen LogP contribution in [-0.2, 0) is 23.9 Å². The van der Waals surface area contributed by atoms with E-state index < -0.39 is 28.3 Å². The number of Topliss-reactive ketones (excluding diaryl/α,β-unsaturated/α-hetero) is 1. The Bertz CT molecular complexity index is 578. The maximum absolute atomic E-state index is 12.8. The summed E-state index contributed by atoms with van der Waals surface area (Å²) in [6.45, 7) is 5.96. The number of rotatable bonds is 0. The summed E-state index contributed by atoms with van der Waals surface area (Å²) < 4.78 is 10.7. The van der Waals surface area contributed by atoms with E-state index in [0.29, 0.717) is 12.8 Å². The second-order valence-electron chi connectivity index (χ2n) is 6.31. The van der Waals surface area contributed by atoms with Gasteiger partial charge in [-0.2, -0.15) is 0 Å². The highest BCUT2D eigenvalue weighted by Crippen LogP contribution is 2.73. The highest BCUT2D eigenvalue weighted by Gasteiger charge is 2.85. The van der Waals surface area contributed by atoms with Gasteiger partial charge in [0.25, 0.3) is 0 Å². The Morgan fingerprint density at radius 2 is 2.05 bits per heavy atom. The van der Waals surface area contributed by atoms with Crippen LogP contribution in [0, 0.1) is 16.7 Å². The fourth-order valence-electron chi connectivity index (χ4n) is 4.88. The lowest BCUT2D eigenvalue weighted by molar-refractivity contribution is -0.162. The van der Waals surface area contributed by atoms with Crippen molar-refractivity contribution in [1.82, 2.24) is 0 Å². The summed E-state index contributed by atoms with van der Waals surface area (Å²) in [4.78, 5) is 36.6. The maximum atomic E-state index is 12.8. The van der Waals surface area contributed by atoms with Crippen LogP contribution in [0.2, 0.25) is 0 Å². The van der Waals surface area contributed by atoms with E-state index in [9.17, 15) is 14.4 Å². The molecular weight excluding hydrogens is 248 g/mol. The van der Waals surface area contributed by atoms with Gasteiger partial charge in [-0.25, -0.2) is 0 Å². The van der Waals surface area contributed by atoms with Crippen molar-refractivity contribution in [3.05, 3.63) is 12.2 Å². The maximum Gasteiger partial charge on any atom is 0.317 e. The number of carbonyl (C=O) groups excluding carboxylic acids is 3. The molecule has 1 unspecified atom stereocenters. The molecule has 4 aliphatic rings. The molecule has 4 rings (SSSR count). The molecule has 5 nitrogen and oxygen atoms in total. The third kappa shape index (κ3) is 0.813. The molecule has 0 radical (unpaired) electrons. The normalized spacial score (nSPS) is 50.9. The van der Waals surface area contributed by atoms with E-state index in [2.05, 4.69) is 6.58 Å². The Kier molecular flexibility index (Phi) is 1.63. The number of ketones is 1. The summed E-state index contributed by atoms with van der Waals surface area (Å²) in [5.41, 5.74) is -1.90. The van der Waals surface area contributed by atoms with Gasteiger partial charge in [0.15, 0.2) is 5.78 Å². The minimum atomic E-state index is -0.983. The first-order valence-corrected chi connectivity index (χ1v) is 6.50. The van der Waals surface area contributed by atoms with E-state index in [1.54, 1.807) is 0 Å². The van der Waals surface area contributed by atoms with Crippen molar-refractivity contribution in [2.75, 3.05) is 6.61 Å². The van der Waals surface area contributed by atoms with E-state index >= 15 is 0 Å². The van der Waals surface area contributed by atoms with Crippen LogP contribution in [0.15, 0.2) is 12.2 Å². The molecule has 0 spiro atoms. The minimum absolute atomic E-state index is 0.0318. The van der Waals surface area contributed by atoms with Gasteiger partial charge in [-0.05, 0) is 12.8 Å². The molecule has 4 atom stereocenters. The van der Waals surface area contributed by atoms with Gasteiger partial charge in [0, 0.05) is 0 Å². The van der Waals surface area contributed by atoms with E-state index in [4.69, 9.17) is 9.47 Å². The Morgan fingerprint density at radius 3 is 2.79 bits per heavy atom. The molecule has 4 fully saturated rings. The number of hydrogen-bond donors (Lipinski definition) is 0. The van der Waals surface area contributed by atoms with Gasteiger partial charge in [-0.15, -0.1) is 0 Å². The first-order valence-electron chi connectivity index (χ1n) is 6.50. The van der Waals surface area contributed by atoms with Crippen LogP contribution in [0.4, 0.5) is 0 Å². The van der Waals surface area contributed by atoms with Crippen LogP contribution < -0.4 is 0 Å². The number of hydrogen-bond acceptors (Lipinski definition) is 5. The Morgan fingerprint density at radius 1 is 1.32 bits per heavy atom. The lowest BCUT2D eigenvalue weighted by Crippen LogP contribution is -2.50. The fraction of sp³-hybridized carbons (Fsp3) is 0.643. The van der Waals surface area contributed by atoms with E-state index in [1.165, 1.54) is 0 Å². The molecule has 5 heteroatoms. The van der Waals surface area contributed by atoms with Crippen molar-refractivity contribution in [2.24, 2.45) is 16.7 Å². The molecule has 0 aromatic rings. The number of cyclic esters (lactones) is 1. The van der Waals surface area contributed by atoms with Gasteiger partial charge in [0.2, 0.25) is 0 Å². The van der Waals surface area contributed by atoms with Crippen LogP contribution in [0.1, 0.15) is 26.2 Å². The summed E-state index contributed by atoms with van der Waals surface area (Å²) in [5.74, 6) is -1.87. The molecule has 0 bridgehead atoms. The van der Waals surface area contributed by atoms with Crippen molar-refractivity contribution in [3.8, 4) is 0 Å². The highest BCUT2D eigenvalue weighted by atomic mass is 16.6. The van der Waals surface area contributed by atoms with Gasteiger partial charge in [0.05, 0.1) is 11.8 Å². The van der Waals surface area contributed by atoms with E-state index in [1.807, 2.05) is 6.92 Å². The molecule has 0 aromatic carbocycles. The van der Waals surface area contributed by atoms with Crippen LogP contribution in [-0.4, -0.2) is 29.9 Å². The number of fused-ring (bicyclic) bond motifs is 1. The van der Waals surface area contributed by atoms with Crippen molar-refractivity contribution < 1.29 is 23.9 Å². The average Bonchev–Trinajstić information content (AvgIpc) is 2.94. The molecule has 0 N–H and O–H groups in total. The van der Waals surface area contributed by atoms with Gasteiger partial charge < -0.3 is 9.47 Å². The summed E-state index contributed by atoms with van der Waals surface area (Å²) in [6.07, 6.45) is 1.26. The third-order valence-electron chi connectivity index (χ3n) is 5.76. The third-order valence-corrected chi connectivity index (χ3v) is 5.76. The Balaban J connectivity index is 2.03. The number of carbonyl (C=O) groups is 3. The largest absolute Gasteiger partial charge is 0.464 e. The number of esters is 2. The van der Waals surface area contributed by atoms with Crippen LogP contribution in [0.25, 0.3) is 0 Å². The second kappa shape index (κ2) is 2.76. The van der Waals surface area contributed by atoms with Crippen molar-refractivity contribution >= 4 is 17.7 Å². The van der Waals surface area contributed by atoms with E-state index in [0.717, 1.165) is 5.57 Å². The Labute approximate surface area is 109 Å². The van der Waals surface area contributed by atoms with Gasteiger partial charge in [0.1, 0.15) is 23.5 Å². The first-order chi connectivity index (χ1) is 8.89. The van der Waals surface area contributed by atoms with Crippen LogP contribution in [0.5, 0.6) is 0 Å². The molecule has 100 valence electrons. The zero-order chi connectivity index (χ0) is 13.6. The van der Waals surface area contributed by atoms with E-state index in [-0.39, 0.29) is 24.8 Å². The molecule has 2 aliphatic heterocycles. The topological polar surface area (TPSA) is 69.7 Å². The zero-order valence-corrected chi connectivity index (χ0v) is 10.7. The van der Waals surface area contributed by atoms with Gasteiger partial charge >= 0.3 is 11.9 Å². The van der Waals surface area contributed by atoms with Crippen molar-refractivity contribution in [1.29, 1.82) is 0 Å². The molecular formula is C14H14O5. The van der Waals surface area contributed by atoms with Crippen molar-refractivity contribution in [3.63, 3.8) is 0 Å². The summed E-state index contributed by atoms with van der Waals surface area (Å²) in [5, 5.41) is 0. The van der Waals surface area contributed by atoms with Crippen LogP contribution in [0.3, 0.4) is 0 Å². The SMILES string of the molecule is C=C1CC[C@@]23OC(=O)C[C@@]12C(=O)C1C(=O)OC[C@]13C. The molecule has 0 amide bonds. The molecule has 2 aliphatic carbocycles. The predicted octanol–water partition coefficient (Wildman–Crippen LogP) is 0.770. The predicted molar refractivity (Wildman–Crippen MR) is 61.8 cm³/mol. The standard InChI is InChI=1S/C14H14O5/c1-7-3-4-14-12(2)6-18-11(17)9(12)10(16)13(7,14)5-8(15)19-14/h9H,1,3-6H2,2H3/t9?,12-,13+,14+/m1/s1. The molecule has 2 saturated carbocycles. The Hall–Kier alpha value is -1.65. The first kappa shape index (κ1) is 11.2. The molecule has 2 saturated heterocycles. The molecule has 0 aromatic heterocycles.